The van der Waals surface area contributed by atoms with Crippen LogP contribution >= 0.6 is 46.2 Å². The van der Waals surface area contributed by atoms with Crippen molar-refractivity contribution in [3.05, 3.63) is 82.6 Å². The predicted molar refractivity (Wildman–Crippen MR) is 151 cm³/mol. The fraction of sp³-hybridized carbons (Fsp3) is 0.0714. The molecule has 0 amide bonds. The summed E-state index contributed by atoms with van der Waals surface area (Å²) in [6, 6.07) is 23.0. The molecule has 0 N–H and O–H groups in total. The third-order valence-electron chi connectivity index (χ3n) is 5.96. The SMILES string of the molecule is CSc1cc2cc3sccc3cc2cc1/C=C/c1cc2cc3ccsc3cc2cc1SC. The predicted octanol–water partition coefficient (Wildman–Crippen LogP) is 10.0. The third-order valence-corrected chi connectivity index (χ3v) is 9.31. The number of thioether (sulfide) groups is 2. The number of rotatable bonds is 4. The molecule has 4 heteroatoms. The number of hydrogen-bond acceptors (Lipinski definition) is 4. The molecule has 4 aromatic carbocycles. The summed E-state index contributed by atoms with van der Waals surface area (Å²) in [5.74, 6) is 0. The van der Waals surface area contributed by atoms with Crippen LogP contribution < -0.4 is 0 Å². The van der Waals surface area contributed by atoms with E-state index in [0.29, 0.717) is 0 Å². The van der Waals surface area contributed by atoms with E-state index in [9.17, 15) is 0 Å². The molecule has 0 aliphatic rings. The van der Waals surface area contributed by atoms with Crippen LogP contribution in [0.3, 0.4) is 0 Å². The summed E-state index contributed by atoms with van der Waals surface area (Å²) >= 11 is 7.25. The fourth-order valence-electron chi connectivity index (χ4n) is 4.31. The van der Waals surface area contributed by atoms with Crippen molar-refractivity contribution in [3.8, 4) is 0 Å². The zero-order valence-electron chi connectivity index (χ0n) is 17.7. The van der Waals surface area contributed by atoms with Crippen molar-refractivity contribution >= 4 is 100 Å². The molecule has 0 radical (unpaired) electrons. The lowest BCUT2D eigenvalue weighted by Gasteiger charge is -2.09. The molecule has 0 saturated heterocycles. The molecule has 0 aliphatic carbocycles. The van der Waals surface area contributed by atoms with Crippen molar-refractivity contribution in [2.24, 2.45) is 0 Å². The molecule has 0 saturated carbocycles. The van der Waals surface area contributed by atoms with E-state index in [1.54, 1.807) is 0 Å². The summed E-state index contributed by atoms with van der Waals surface area (Å²) in [6.45, 7) is 0. The van der Waals surface area contributed by atoms with E-state index >= 15 is 0 Å². The van der Waals surface area contributed by atoms with Gasteiger partial charge in [0, 0.05) is 19.2 Å². The second-order valence-electron chi connectivity index (χ2n) is 7.84. The van der Waals surface area contributed by atoms with Crippen LogP contribution in [0.5, 0.6) is 0 Å². The quantitative estimate of drug-likeness (QED) is 0.180. The van der Waals surface area contributed by atoms with Crippen LogP contribution in [0.25, 0.3) is 53.9 Å². The van der Waals surface area contributed by atoms with Crippen molar-refractivity contribution in [1.29, 1.82) is 0 Å². The topological polar surface area (TPSA) is 0 Å². The molecule has 0 aliphatic heterocycles. The Hall–Kier alpha value is -2.24. The molecule has 6 aromatic rings. The maximum atomic E-state index is 2.34. The van der Waals surface area contributed by atoms with E-state index < -0.39 is 0 Å². The molecule has 0 fully saturated rings. The molecule has 0 atom stereocenters. The van der Waals surface area contributed by atoms with Gasteiger partial charge in [0.05, 0.1) is 0 Å². The molecular weight excluding hydrogens is 465 g/mol. The Bertz CT molecular complexity index is 1530. The standard InChI is InChI=1S/C28H20S4/c1-29-25-13-23-15-27-19(5-7-31-27)11-21(23)9-17(25)3-4-18-10-22-12-20-6-8-32-28(20)16-24(22)14-26(18)30-2/h3-16H,1-2H3/b4-3+. The molecule has 156 valence electrons. The highest BCUT2D eigenvalue weighted by Crippen LogP contribution is 2.35. The molecule has 2 heterocycles. The van der Waals surface area contributed by atoms with E-state index in [2.05, 4.69) is 96.1 Å². The minimum absolute atomic E-state index is 1.28. The van der Waals surface area contributed by atoms with E-state index in [0.717, 1.165) is 0 Å². The lowest BCUT2D eigenvalue weighted by Crippen LogP contribution is -1.84. The molecule has 0 nitrogen and oxygen atoms in total. The highest BCUT2D eigenvalue weighted by Gasteiger charge is 2.08. The largest absolute Gasteiger partial charge is 0.144 e. The molecule has 6 rings (SSSR count). The number of hydrogen-bond donors (Lipinski definition) is 0. The Labute approximate surface area is 204 Å². The normalized spacial score (nSPS) is 12.2. The van der Waals surface area contributed by atoms with Gasteiger partial charge >= 0.3 is 0 Å². The second-order valence-corrected chi connectivity index (χ2v) is 11.4. The molecule has 0 bridgehead atoms. The maximum absolute atomic E-state index is 2.34. The average molecular weight is 485 g/mol. The van der Waals surface area contributed by atoms with Gasteiger partial charge in [-0.05, 0) is 127 Å². The van der Waals surface area contributed by atoms with Crippen LogP contribution in [0.4, 0.5) is 0 Å². The summed E-state index contributed by atoms with van der Waals surface area (Å²) in [7, 11) is 0. The average Bonchev–Trinajstić information content (AvgIpc) is 3.46. The van der Waals surface area contributed by atoms with Crippen molar-refractivity contribution in [2.75, 3.05) is 12.5 Å². The van der Waals surface area contributed by atoms with Crippen molar-refractivity contribution in [3.63, 3.8) is 0 Å². The number of thiophene rings is 2. The first-order valence-electron chi connectivity index (χ1n) is 10.4. The zero-order chi connectivity index (χ0) is 21.7. The van der Waals surface area contributed by atoms with E-state index in [-0.39, 0.29) is 0 Å². The number of fused-ring (bicyclic) bond motifs is 4. The van der Waals surface area contributed by atoms with Crippen LogP contribution in [0, 0.1) is 0 Å². The van der Waals surface area contributed by atoms with E-state index in [1.807, 2.05) is 46.2 Å². The molecule has 32 heavy (non-hydrogen) atoms. The van der Waals surface area contributed by atoms with Gasteiger partial charge in [0.1, 0.15) is 0 Å². The minimum Gasteiger partial charge on any atom is -0.144 e. The van der Waals surface area contributed by atoms with Gasteiger partial charge in [0.15, 0.2) is 0 Å². The fourth-order valence-corrected chi connectivity index (χ4v) is 7.16. The second kappa shape index (κ2) is 8.27. The van der Waals surface area contributed by atoms with Gasteiger partial charge in [-0.15, -0.1) is 46.2 Å². The Morgan fingerprint density at radius 3 is 1.41 bits per heavy atom. The monoisotopic (exact) mass is 484 g/mol. The Kier molecular flexibility index (Phi) is 5.27. The highest BCUT2D eigenvalue weighted by molar-refractivity contribution is 7.99. The van der Waals surface area contributed by atoms with Gasteiger partial charge in [-0.2, -0.15) is 0 Å². The number of benzene rings is 4. The summed E-state index contributed by atoms with van der Waals surface area (Å²) in [5.41, 5.74) is 2.56. The summed E-state index contributed by atoms with van der Waals surface area (Å²) in [5, 5.41) is 12.2. The smallest absolute Gasteiger partial charge is 0.0349 e. The van der Waals surface area contributed by atoms with Gasteiger partial charge < -0.3 is 0 Å². The van der Waals surface area contributed by atoms with Gasteiger partial charge in [0.25, 0.3) is 0 Å². The first kappa shape index (κ1) is 20.4. The molecule has 2 aromatic heterocycles. The Morgan fingerprint density at radius 2 is 0.969 bits per heavy atom. The highest BCUT2D eigenvalue weighted by atomic mass is 32.2. The maximum Gasteiger partial charge on any atom is 0.0349 e. The Balaban J connectivity index is 1.47. The van der Waals surface area contributed by atoms with Gasteiger partial charge in [-0.1, -0.05) is 12.2 Å². The first-order valence-corrected chi connectivity index (χ1v) is 14.6. The summed E-state index contributed by atoms with van der Waals surface area (Å²) < 4.78 is 2.71. The molecule has 0 spiro atoms. The van der Waals surface area contributed by atoms with E-state index in [4.69, 9.17) is 0 Å². The van der Waals surface area contributed by atoms with Gasteiger partial charge in [-0.3, -0.25) is 0 Å². The van der Waals surface area contributed by atoms with Crippen LogP contribution in [-0.4, -0.2) is 12.5 Å². The molecule has 0 unspecified atom stereocenters. The van der Waals surface area contributed by atoms with Crippen LogP contribution in [-0.2, 0) is 0 Å². The van der Waals surface area contributed by atoms with Gasteiger partial charge in [-0.25, -0.2) is 0 Å². The molecular formula is C28H20S4. The van der Waals surface area contributed by atoms with Crippen molar-refractivity contribution in [2.45, 2.75) is 9.79 Å². The van der Waals surface area contributed by atoms with Crippen LogP contribution in [0.1, 0.15) is 11.1 Å². The first-order chi connectivity index (χ1) is 15.7. The van der Waals surface area contributed by atoms with Crippen molar-refractivity contribution in [1.82, 2.24) is 0 Å². The van der Waals surface area contributed by atoms with Crippen LogP contribution in [0.15, 0.2) is 81.2 Å². The lowest BCUT2D eigenvalue weighted by atomic mass is 10.0. The van der Waals surface area contributed by atoms with Crippen molar-refractivity contribution < 1.29 is 0 Å². The van der Waals surface area contributed by atoms with Gasteiger partial charge in [0.2, 0.25) is 0 Å². The minimum atomic E-state index is 1.28. The third kappa shape index (κ3) is 3.56. The lowest BCUT2D eigenvalue weighted by molar-refractivity contribution is 1.46. The van der Waals surface area contributed by atoms with E-state index in [1.165, 1.54) is 62.6 Å². The zero-order valence-corrected chi connectivity index (χ0v) is 21.0. The Morgan fingerprint density at radius 1 is 0.531 bits per heavy atom. The summed E-state index contributed by atoms with van der Waals surface area (Å²) in [4.78, 5) is 2.63. The summed E-state index contributed by atoms with van der Waals surface area (Å²) in [6.07, 6.45) is 8.90. The van der Waals surface area contributed by atoms with Crippen LogP contribution in [0.2, 0.25) is 0 Å².